The number of benzene rings is 2. The molecule has 0 aromatic heterocycles. The van der Waals surface area contributed by atoms with Gasteiger partial charge in [-0.1, -0.05) is 24.3 Å². The van der Waals surface area contributed by atoms with E-state index in [1.165, 1.54) is 6.07 Å². The van der Waals surface area contributed by atoms with Crippen molar-refractivity contribution < 1.29 is 35.9 Å². The van der Waals surface area contributed by atoms with Crippen LogP contribution in [0.25, 0.3) is 0 Å². The number of amides is 2. The molecule has 2 N–H and O–H groups in total. The Balaban J connectivity index is 1.96. The van der Waals surface area contributed by atoms with E-state index >= 15 is 0 Å². The summed E-state index contributed by atoms with van der Waals surface area (Å²) in [6.07, 6.45) is -9.29. The van der Waals surface area contributed by atoms with E-state index in [-0.39, 0.29) is 30.0 Å². The number of alkyl halides is 6. The minimum absolute atomic E-state index is 0.0511. The summed E-state index contributed by atoms with van der Waals surface area (Å²) in [5.74, 6) is -1.64. The topological polar surface area (TPSA) is 58.2 Å². The van der Waals surface area contributed by atoms with Crippen LogP contribution in [0, 0.1) is 5.92 Å². The van der Waals surface area contributed by atoms with Crippen LogP contribution in [0.5, 0.6) is 0 Å². The first-order valence-corrected chi connectivity index (χ1v) is 8.86. The molecule has 2 atom stereocenters. The molecule has 2 amide bonds. The molecule has 0 radical (unpaired) electrons. The molecule has 3 rings (SSSR count). The van der Waals surface area contributed by atoms with Crippen molar-refractivity contribution >= 4 is 11.8 Å². The van der Waals surface area contributed by atoms with Crippen molar-refractivity contribution in [3.63, 3.8) is 0 Å². The lowest BCUT2D eigenvalue weighted by atomic mass is 9.95. The fourth-order valence-corrected chi connectivity index (χ4v) is 3.17. The van der Waals surface area contributed by atoms with Crippen LogP contribution in [0.1, 0.15) is 34.7 Å². The van der Waals surface area contributed by atoms with Crippen LogP contribution in [0.2, 0.25) is 0 Å². The van der Waals surface area contributed by atoms with E-state index in [4.69, 9.17) is 0 Å². The summed E-state index contributed by atoms with van der Waals surface area (Å²) in [6.45, 7) is 0.0764. The Labute approximate surface area is 167 Å². The van der Waals surface area contributed by atoms with E-state index in [1.807, 2.05) is 0 Å². The molecule has 4 nitrogen and oxygen atoms in total. The molecule has 0 saturated carbocycles. The molecular weight excluding hydrogens is 414 g/mol. The summed E-state index contributed by atoms with van der Waals surface area (Å²) in [5, 5.41) is 5.05. The summed E-state index contributed by atoms with van der Waals surface area (Å²) in [7, 11) is 0. The lowest BCUT2D eigenvalue weighted by Crippen LogP contribution is -2.35. The fraction of sp³-hybridized carbons (Fsp3) is 0.300. The van der Waals surface area contributed by atoms with Crippen molar-refractivity contribution in [2.45, 2.75) is 24.8 Å². The molecule has 1 saturated heterocycles. The lowest BCUT2D eigenvalue weighted by molar-refractivity contribution is -0.138. The Morgan fingerprint density at radius 2 is 1.57 bits per heavy atom. The predicted molar refractivity (Wildman–Crippen MR) is 94.0 cm³/mol. The van der Waals surface area contributed by atoms with E-state index in [1.54, 1.807) is 0 Å². The van der Waals surface area contributed by atoms with Crippen LogP contribution in [-0.2, 0) is 21.9 Å². The molecule has 160 valence electrons. The third-order valence-corrected chi connectivity index (χ3v) is 4.75. The molecule has 2 aromatic carbocycles. The van der Waals surface area contributed by atoms with Crippen LogP contribution in [0.4, 0.5) is 26.3 Å². The third kappa shape index (κ3) is 4.92. The first-order valence-electron chi connectivity index (χ1n) is 8.86. The summed E-state index contributed by atoms with van der Waals surface area (Å²) < 4.78 is 77.9. The number of rotatable bonds is 4. The lowest BCUT2D eigenvalue weighted by Gasteiger charge is -2.23. The molecule has 10 heteroatoms. The highest BCUT2D eigenvalue weighted by Crippen LogP contribution is 2.34. The monoisotopic (exact) mass is 430 g/mol. The maximum absolute atomic E-state index is 13.1. The highest BCUT2D eigenvalue weighted by Gasteiger charge is 2.34. The minimum Gasteiger partial charge on any atom is -0.355 e. The van der Waals surface area contributed by atoms with Crippen LogP contribution >= 0.6 is 0 Å². The Kier molecular flexibility index (Phi) is 5.78. The average Bonchev–Trinajstić information content (AvgIpc) is 3.11. The van der Waals surface area contributed by atoms with Gasteiger partial charge in [0.25, 0.3) is 0 Å². The second kappa shape index (κ2) is 8.00. The van der Waals surface area contributed by atoms with E-state index in [9.17, 15) is 35.9 Å². The number of carbonyl (C=O) groups excluding carboxylic acids is 2. The summed E-state index contributed by atoms with van der Waals surface area (Å²) >= 11 is 0. The average molecular weight is 430 g/mol. The van der Waals surface area contributed by atoms with E-state index < -0.39 is 41.3 Å². The molecule has 1 unspecified atom stereocenters. The smallest absolute Gasteiger partial charge is 0.355 e. The van der Waals surface area contributed by atoms with Crippen LogP contribution in [0.15, 0.2) is 48.5 Å². The SMILES string of the molecule is O=C1C[C@H](C(=O)NC(c2ccc(C(F)(F)F)cc2)c2cccc(C(F)(F)F)c2)CN1. The second-order valence-electron chi connectivity index (χ2n) is 6.89. The molecule has 0 spiro atoms. The van der Waals surface area contributed by atoms with Gasteiger partial charge >= 0.3 is 12.4 Å². The predicted octanol–water partition coefficient (Wildman–Crippen LogP) is 4.07. The molecule has 1 aliphatic heterocycles. The molecule has 0 aliphatic carbocycles. The van der Waals surface area contributed by atoms with Gasteiger partial charge in [0.05, 0.1) is 23.1 Å². The zero-order valence-electron chi connectivity index (χ0n) is 15.3. The minimum atomic E-state index is -4.63. The van der Waals surface area contributed by atoms with Gasteiger partial charge in [0.2, 0.25) is 11.8 Å². The largest absolute Gasteiger partial charge is 0.416 e. The quantitative estimate of drug-likeness (QED) is 0.719. The second-order valence-corrected chi connectivity index (χ2v) is 6.89. The summed E-state index contributed by atoms with van der Waals surface area (Å²) in [4.78, 5) is 23.9. The number of carbonyl (C=O) groups is 2. The third-order valence-electron chi connectivity index (χ3n) is 4.75. The van der Waals surface area contributed by atoms with Gasteiger partial charge < -0.3 is 10.6 Å². The van der Waals surface area contributed by atoms with Crippen molar-refractivity contribution in [1.29, 1.82) is 0 Å². The normalized spacial score (nSPS) is 18.1. The Hall–Kier alpha value is -3.04. The van der Waals surface area contributed by atoms with Crippen LogP contribution < -0.4 is 10.6 Å². The van der Waals surface area contributed by atoms with Crippen molar-refractivity contribution in [2.24, 2.45) is 5.92 Å². The number of nitrogens with one attached hydrogen (secondary N) is 2. The van der Waals surface area contributed by atoms with Gasteiger partial charge in [-0.2, -0.15) is 26.3 Å². The number of hydrogen-bond donors (Lipinski definition) is 2. The van der Waals surface area contributed by atoms with E-state index in [0.29, 0.717) is 0 Å². The first kappa shape index (κ1) is 21.7. The highest BCUT2D eigenvalue weighted by atomic mass is 19.4. The van der Waals surface area contributed by atoms with Crippen LogP contribution in [0.3, 0.4) is 0 Å². The Bertz CT molecular complexity index is 938. The molecule has 1 fully saturated rings. The van der Waals surface area contributed by atoms with Crippen molar-refractivity contribution in [1.82, 2.24) is 10.6 Å². The number of halogens is 6. The molecule has 1 aliphatic rings. The first-order chi connectivity index (χ1) is 13.9. The van der Waals surface area contributed by atoms with Crippen molar-refractivity contribution in [3.8, 4) is 0 Å². The van der Waals surface area contributed by atoms with Gasteiger partial charge in [0.1, 0.15) is 0 Å². The van der Waals surface area contributed by atoms with Gasteiger partial charge in [-0.3, -0.25) is 9.59 Å². The van der Waals surface area contributed by atoms with Crippen molar-refractivity contribution in [3.05, 3.63) is 70.8 Å². The van der Waals surface area contributed by atoms with Crippen LogP contribution in [-0.4, -0.2) is 18.4 Å². The molecule has 30 heavy (non-hydrogen) atoms. The van der Waals surface area contributed by atoms with Gasteiger partial charge in [0, 0.05) is 13.0 Å². The number of hydrogen-bond acceptors (Lipinski definition) is 2. The van der Waals surface area contributed by atoms with Gasteiger partial charge in [-0.05, 0) is 35.4 Å². The maximum Gasteiger partial charge on any atom is 0.416 e. The standard InChI is InChI=1S/C20H16F6N2O2/c21-19(22,23)14-6-4-11(5-7-14)17(28-18(30)13-9-16(29)27-10-13)12-2-1-3-15(8-12)20(24,25)26/h1-8,13,17H,9-10H2,(H,27,29)(H,28,30)/t13-,17?/m0/s1. The molecule has 2 aromatic rings. The van der Waals surface area contributed by atoms with Gasteiger partial charge in [-0.25, -0.2) is 0 Å². The summed E-state index contributed by atoms with van der Waals surface area (Å²) in [6, 6.07) is 6.86. The molecular formula is C20H16F6N2O2. The van der Waals surface area contributed by atoms with Gasteiger partial charge in [0.15, 0.2) is 0 Å². The highest BCUT2D eigenvalue weighted by molar-refractivity contribution is 5.89. The fourth-order valence-electron chi connectivity index (χ4n) is 3.17. The zero-order valence-corrected chi connectivity index (χ0v) is 15.3. The van der Waals surface area contributed by atoms with Crippen molar-refractivity contribution in [2.75, 3.05) is 6.54 Å². The Morgan fingerprint density at radius 1 is 0.933 bits per heavy atom. The maximum atomic E-state index is 13.1. The summed E-state index contributed by atoms with van der Waals surface area (Å²) in [5.41, 5.74) is -1.65. The molecule has 0 bridgehead atoms. The van der Waals surface area contributed by atoms with E-state index in [2.05, 4.69) is 10.6 Å². The van der Waals surface area contributed by atoms with E-state index in [0.717, 1.165) is 42.5 Å². The van der Waals surface area contributed by atoms with Gasteiger partial charge in [-0.15, -0.1) is 0 Å². The molecule has 1 heterocycles. The zero-order chi connectivity index (χ0) is 22.1. The Morgan fingerprint density at radius 3 is 2.10 bits per heavy atom.